The van der Waals surface area contributed by atoms with Crippen molar-refractivity contribution in [3.63, 3.8) is 0 Å². The number of nitrogens with zero attached hydrogens (tertiary/aromatic N) is 3. The fourth-order valence-corrected chi connectivity index (χ4v) is 17.0. The molecule has 3 nitrogen and oxygen atoms in total. The third-order valence-corrected chi connectivity index (χ3v) is 20.2. The van der Waals surface area contributed by atoms with Crippen LogP contribution < -0.4 is 14.7 Å². The second kappa shape index (κ2) is 20.0. The van der Waals surface area contributed by atoms with Crippen LogP contribution in [0.5, 0.6) is 0 Å². The van der Waals surface area contributed by atoms with Crippen molar-refractivity contribution < 1.29 is 0 Å². The highest BCUT2D eigenvalue weighted by Gasteiger charge is 2.59. The Labute approximate surface area is 496 Å². The van der Waals surface area contributed by atoms with Crippen LogP contribution in [0.4, 0.5) is 28.4 Å². The summed E-state index contributed by atoms with van der Waals surface area (Å²) in [7, 11) is 0. The zero-order chi connectivity index (χ0) is 56.1. The first-order chi connectivity index (χ1) is 41.5. The molecule has 9 aromatic rings. The standard InChI is InChI=1S/C81H69N3/c1-4-23-61-62-29-12-15-32-70(62)80(69(61)5-2)73-50-55(40-44-65(73)67-46-42-59(52-75(67)80)83-49-22-26-57-25-11-18-35-77(57)83)38-39-56-41-45-66-68-47-43-60(53-76(68)81(74(66)51-56)71-33-16-13-30-63(71)64-31-14-17-34-72(64)81)84-54(3)24-8-7-21-48-82(58-27-9-6-10-28-58)78-36-19-20-37-79(78)84/h4,6-21,23-25,27-47,50-52,54,60,68,76H,5,22,26,48-49,53H2,1-3H3. The maximum atomic E-state index is 2.72. The number of hydrogen-bond acceptors (Lipinski definition) is 3. The Balaban J connectivity index is 0.814. The van der Waals surface area contributed by atoms with E-state index in [1.807, 2.05) is 0 Å². The Kier molecular flexibility index (Phi) is 12.0. The molecule has 408 valence electrons. The van der Waals surface area contributed by atoms with Crippen LogP contribution in [0.15, 0.2) is 260 Å². The number of anilines is 5. The van der Waals surface area contributed by atoms with Crippen LogP contribution in [0.1, 0.15) is 107 Å². The average molecular weight is 1080 g/mol. The summed E-state index contributed by atoms with van der Waals surface area (Å²) < 4.78 is 0. The van der Waals surface area contributed by atoms with Crippen LogP contribution in [-0.4, -0.2) is 25.2 Å². The first kappa shape index (κ1) is 50.5. The van der Waals surface area contributed by atoms with Gasteiger partial charge < -0.3 is 14.7 Å². The van der Waals surface area contributed by atoms with Gasteiger partial charge in [0.1, 0.15) is 0 Å². The Morgan fingerprint density at radius 1 is 0.512 bits per heavy atom. The quantitative estimate of drug-likeness (QED) is 0.116. The molecule has 0 N–H and O–H groups in total. The molecular weight excluding hydrogens is 1010 g/mol. The normalized spacial score (nSPS) is 21.8. The first-order valence-electron chi connectivity index (χ1n) is 30.8. The molecule has 5 aliphatic carbocycles. The van der Waals surface area contributed by atoms with Crippen LogP contribution in [-0.2, 0) is 17.3 Å². The molecule has 0 fully saturated rings. The molecule has 2 heterocycles. The van der Waals surface area contributed by atoms with E-state index in [0.717, 1.165) is 38.8 Å². The summed E-state index contributed by atoms with van der Waals surface area (Å²) >= 11 is 0. The van der Waals surface area contributed by atoms with Gasteiger partial charge in [-0.15, -0.1) is 0 Å². The van der Waals surface area contributed by atoms with Crippen LogP contribution in [0.25, 0.3) is 40.0 Å². The molecule has 0 saturated carbocycles. The predicted octanol–water partition coefficient (Wildman–Crippen LogP) is 19.5. The van der Waals surface area contributed by atoms with E-state index in [4.69, 9.17) is 0 Å². The molecule has 0 radical (unpaired) electrons. The van der Waals surface area contributed by atoms with Gasteiger partial charge in [0, 0.05) is 48.2 Å². The summed E-state index contributed by atoms with van der Waals surface area (Å²) in [5, 5.41) is 0. The Hall–Kier alpha value is -9.18. The zero-order valence-corrected chi connectivity index (χ0v) is 48.3. The molecule has 3 heteroatoms. The molecule has 5 unspecified atom stereocenters. The SMILES string of the molecule is CC=CC1=C(CC)C2(c3ccccc31)c1cc(C=Cc3ccc4c(c3)C3(c5ccccc5-c5ccccc53)C3CC(N5c6ccccc6N(c6ccccc6)CC=CC=CC5C)C=CC43)ccc1-c1ccc(N3CCCc4ccccc43)cc12. The highest BCUT2D eigenvalue weighted by atomic mass is 15.2. The fourth-order valence-electron chi connectivity index (χ4n) is 17.0. The van der Waals surface area contributed by atoms with Gasteiger partial charge in [-0.25, -0.2) is 0 Å². The molecule has 5 atom stereocenters. The van der Waals surface area contributed by atoms with Crippen molar-refractivity contribution in [3.05, 3.63) is 322 Å². The van der Waals surface area contributed by atoms with Gasteiger partial charge in [0.05, 0.1) is 22.2 Å². The second-order valence-corrected chi connectivity index (χ2v) is 24.3. The number of hydrogen-bond donors (Lipinski definition) is 0. The molecule has 7 aliphatic rings. The summed E-state index contributed by atoms with van der Waals surface area (Å²) in [5.74, 6) is 0.527. The van der Waals surface area contributed by atoms with Gasteiger partial charge >= 0.3 is 0 Å². The molecule has 0 bridgehead atoms. The van der Waals surface area contributed by atoms with Gasteiger partial charge in [-0.3, -0.25) is 0 Å². The third kappa shape index (κ3) is 7.37. The topological polar surface area (TPSA) is 9.72 Å². The summed E-state index contributed by atoms with van der Waals surface area (Å²) in [6.07, 6.45) is 27.9. The lowest BCUT2D eigenvalue weighted by atomic mass is 9.63. The number of benzene rings is 9. The van der Waals surface area contributed by atoms with E-state index in [2.05, 4.69) is 302 Å². The summed E-state index contributed by atoms with van der Waals surface area (Å²) in [6.45, 7) is 8.72. The molecular formula is C81H69N3. The van der Waals surface area contributed by atoms with E-state index in [9.17, 15) is 0 Å². The molecule has 2 spiro atoms. The van der Waals surface area contributed by atoms with Crippen molar-refractivity contribution in [3.8, 4) is 22.3 Å². The number of fused-ring (bicyclic) bond motifs is 19. The molecule has 0 aromatic heterocycles. The minimum atomic E-state index is -0.426. The third-order valence-electron chi connectivity index (χ3n) is 20.2. The molecule has 84 heavy (non-hydrogen) atoms. The van der Waals surface area contributed by atoms with Gasteiger partial charge in [0.2, 0.25) is 0 Å². The number of aryl methyl sites for hydroxylation is 1. The van der Waals surface area contributed by atoms with Gasteiger partial charge in [-0.1, -0.05) is 225 Å². The van der Waals surface area contributed by atoms with Crippen molar-refractivity contribution in [1.29, 1.82) is 0 Å². The van der Waals surface area contributed by atoms with E-state index in [1.54, 1.807) is 0 Å². The van der Waals surface area contributed by atoms with Crippen molar-refractivity contribution in [1.82, 2.24) is 0 Å². The van der Waals surface area contributed by atoms with E-state index in [-0.39, 0.29) is 29.3 Å². The minimum absolute atomic E-state index is 0.138. The lowest BCUT2D eigenvalue weighted by Gasteiger charge is -2.45. The first-order valence-corrected chi connectivity index (χ1v) is 30.8. The highest BCUT2D eigenvalue weighted by Crippen LogP contribution is 2.67. The van der Waals surface area contributed by atoms with Gasteiger partial charge in [-0.2, -0.15) is 0 Å². The largest absolute Gasteiger partial charge is 0.357 e. The Bertz CT molecular complexity index is 4270. The predicted molar refractivity (Wildman–Crippen MR) is 353 cm³/mol. The highest BCUT2D eigenvalue weighted by molar-refractivity contribution is 5.98. The molecule has 9 aromatic carbocycles. The van der Waals surface area contributed by atoms with Crippen LogP contribution in [0, 0.1) is 5.92 Å². The van der Waals surface area contributed by atoms with Crippen LogP contribution in [0.2, 0.25) is 0 Å². The molecule has 0 saturated heterocycles. The maximum absolute atomic E-state index is 2.72. The second-order valence-electron chi connectivity index (χ2n) is 24.3. The summed E-state index contributed by atoms with van der Waals surface area (Å²) in [4.78, 5) is 7.78. The van der Waals surface area contributed by atoms with E-state index < -0.39 is 5.41 Å². The van der Waals surface area contributed by atoms with Crippen molar-refractivity contribution in [2.24, 2.45) is 5.92 Å². The van der Waals surface area contributed by atoms with Gasteiger partial charge in [-0.05, 0) is 189 Å². The maximum Gasteiger partial charge on any atom is 0.0689 e. The molecule has 0 amide bonds. The minimum Gasteiger partial charge on any atom is -0.357 e. The number of para-hydroxylation sites is 4. The Morgan fingerprint density at radius 3 is 1.90 bits per heavy atom. The lowest BCUT2D eigenvalue weighted by Crippen LogP contribution is -2.46. The fraction of sp³-hybridized carbons (Fsp3) is 0.185. The lowest BCUT2D eigenvalue weighted by molar-refractivity contribution is 0.325. The summed E-state index contributed by atoms with van der Waals surface area (Å²) in [5.41, 5.74) is 29.0. The number of allylic oxidation sites excluding steroid dienone is 7. The number of rotatable bonds is 7. The van der Waals surface area contributed by atoms with E-state index in [0.29, 0.717) is 0 Å². The van der Waals surface area contributed by atoms with Gasteiger partial charge in [0.25, 0.3) is 0 Å². The van der Waals surface area contributed by atoms with Crippen molar-refractivity contribution >= 4 is 46.2 Å². The van der Waals surface area contributed by atoms with E-state index in [1.165, 1.54) is 123 Å². The monoisotopic (exact) mass is 1080 g/mol. The van der Waals surface area contributed by atoms with E-state index >= 15 is 0 Å². The van der Waals surface area contributed by atoms with Crippen LogP contribution >= 0.6 is 0 Å². The smallest absolute Gasteiger partial charge is 0.0689 e. The van der Waals surface area contributed by atoms with Crippen molar-refractivity contribution in [2.75, 3.05) is 27.8 Å². The molecule has 2 aliphatic heterocycles. The Morgan fingerprint density at radius 2 is 1.14 bits per heavy atom. The average Bonchev–Trinajstić information content (AvgIpc) is 1.63. The zero-order valence-electron chi connectivity index (χ0n) is 48.3. The molecule has 16 rings (SSSR count). The summed E-state index contributed by atoms with van der Waals surface area (Å²) in [6, 6.07) is 79.5. The van der Waals surface area contributed by atoms with Gasteiger partial charge in [0.15, 0.2) is 0 Å². The van der Waals surface area contributed by atoms with Crippen molar-refractivity contribution in [2.45, 2.75) is 75.3 Å². The van der Waals surface area contributed by atoms with Crippen LogP contribution in [0.3, 0.4) is 0 Å².